The van der Waals surface area contributed by atoms with Crippen molar-refractivity contribution < 1.29 is 0 Å². The zero-order valence-corrected chi connectivity index (χ0v) is 12.4. The Labute approximate surface area is 128 Å². The molecule has 3 aromatic rings. The van der Waals surface area contributed by atoms with Gasteiger partial charge in [-0.15, -0.1) is 10.2 Å². The van der Waals surface area contributed by atoms with Crippen molar-refractivity contribution in [3.8, 4) is 0 Å². The van der Waals surface area contributed by atoms with Crippen molar-refractivity contribution in [2.24, 2.45) is 0 Å². The molecule has 0 aliphatic carbocycles. The summed E-state index contributed by atoms with van der Waals surface area (Å²) in [7, 11) is 0. The van der Waals surface area contributed by atoms with Gasteiger partial charge in [-0.3, -0.25) is 4.40 Å². The van der Waals surface area contributed by atoms with E-state index in [0.29, 0.717) is 0 Å². The Morgan fingerprint density at radius 1 is 1.00 bits per heavy atom. The molecular weight excluding hydrogens is 278 g/mol. The first kappa shape index (κ1) is 13.0. The molecule has 4 rings (SSSR count). The molecule has 1 aliphatic rings. The highest BCUT2D eigenvalue weighted by Crippen LogP contribution is 2.19. The van der Waals surface area contributed by atoms with Crippen LogP contribution in [0.4, 0.5) is 11.8 Å². The minimum absolute atomic E-state index is 0.821. The largest absolute Gasteiger partial charge is 0.354 e. The summed E-state index contributed by atoms with van der Waals surface area (Å²) in [5.41, 5.74) is 1.88. The van der Waals surface area contributed by atoms with Gasteiger partial charge in [0.15, 0.2) is 5.65 Å². The van der Waals surface area contributed by atoms with Crippen molar-refractivity contribution in [2.75, 3.05) is 36.0 Å². The fourth-order valence-electron chi connectivity index (χ4n) is 2.82. The Kier molecular flexibility index (Phi) is 3.10. The van der Waals surface area contributed by atoms with E-state index in [0.717, 1.165) is 49.3 Å². The van der Waals surface area contributed by atoms with Crippen LogP contribution in [0.5, 0.6) is 0 Å². The number of hydrogen-bond donors (Lipinski definition) is 0. The van der Waals surface area contributed by atoms with E-state index >= 15 is 0 Å². The summed E-state index contributed by atoms with van der Waals surface area (Å²) >= 11 is 0. The first-order chi connectivity index (χ1) is 10.8. The van der Waals surface area contributed by atoms with Crippen LogP contribution in [0.15, 0.2) is 36.8 Å². The highest BCUT2D eigenvalue weighted by Gasteiger charge is 2.20. The number of rotatable bonds is 2. The quantitative estimate of drug-likeness (QED) is 0.707. The van der Waals surface area contributed by atoms with Crippen LogP contribution < -0.4 is 9.80 Å². The number of fused-ring (bicyclic) bond motifs is 1. The molecule has 0 N–H and O–H groups in total. The summed E-state index contributed by atoms with van der Waals surface area (Å²) in [6.45, 7) is 5.65. The summed E-state index contributed by atoms with van der Waals surface area (Å²) in [5.74, 6) is 1.95. The first-order valence-electron chi connectivity index (χ1n) is 7.39. The number of aromatic nitrogens is 5. The third kappa shape index (κ3) is 2.24. The lowest BCUT2D eigenvalue weighted by Gasteiger charge is -2.36. The normalized spacial score (nSPS) is 15.5. The second-order valence-corrected chi connectivity index (χ2v) is 5.42. The molecule has 3 aromatic heterocycles. The average molecular weight is 295 g/mol. The molecule has 0 amide bonds. The van der Waals surface area contributed by atoms with Gasteiger partial charge in [0.05, 0.1) is 0 Å². The molecule has 1 aliphatic heterocycles. The van der Waals surface area contributed by atoms with E-state index in [1.807, 2.05) is 35.7 Å². The van der Waals surface area contributed by atoms with Crippen LogP contribution in [0.1, 0.15) is 5.69 Å². The Morgan fingerprint density at radius 2 is 1.82 bits per heavy atom. The summed E-state index contributed by atoms with van der Waals surface area (Å²) in [6.07, 6.45) is 3.59. The van der Waals surface area contributed by atoms with E-state index < -0.39 is 0 Å². The lowest BCUT2D eigenvalue weighted by molar-refractivity contribution is 0.631. The molecule has 0 aromatic carbocycles. The van der Waals surface area contributed by atoms with Crippen molar-refractivity contribution in [3.05, 3.63) is 42.5 Å². The maximum atomic E-state index is 4.51. The molecule has 0 saturated carbocycles. The van der Waals surface area contributed by atoms with E-state index in [1.165, 1.54) is 0 Å². The number of anilines is 2. The van der Waals surface area contributed by atoms with E-state index in [9.17, 15) is 0 Å². The monoisotopic (exact) mass is 295 g/mol. The summed E-state index contributed by atoms with van der Waals surface area (Å²) in [6, 6.07) is 8.02. The SMILES string of the molecule is Cc1ccnc(N2CCN(c3cccc4nncn34)CC2)n1. The van der Waals surface area contributed by atoms with Gasteiger partial charge < -0.3 is 9.80 Å². The maximum Gasteiger partial charge on any atom is 0.225 e. The fraction of sp³-hybridized carbons (Fsp3) is 0.333. The Morgan fingerprint density at radius 3 is 2.64 bits per heavy atom. The zero-order valence-electron chi connectivity index (χ0n) is 12.4. The highest BCUT2D eigenvalue weighted by atomic mass is 15.4. The summed E-state index contributed by atoms with van der Waals surface area (Å²) < 4.78 is 2.03. The molecule has 0 atom stereocenters. The van der Waals surface area contributed by atoms with Crippen LogP contribution in [-0.2, 0) is 0 Å². The molecule has 112 valence electrons. The Hall–Kier alpha value is -2.70. The molecule has 0 unspecified atom stereocenters. The summed E-state index contributed by atoms with van der Waals surface area (Å²) in [4.78, 5) is 13.5. The van der Waals surface area contributed by atoms with Crippen molar-refractivity contribution >= 4 is 17.4 Å². The molecule has 0 spiro atoms. The molecule has 22 heavy (non-hydrogen) atoms. The van der Waals surface area contributed by atoms with Crippen molar-refractivity contribution in [3.63, 3.8) is 0 Å². The molecular formula is C15H17N7. The lowest BCUT2D eigenvalue weighted by atomic mass is 10.3. The standard InChI is InChI=1S/C15H17N7/c1-12-5-6-16-15(18-12)21-9-7-20(8-10-21)14-4-2-3-13-19-17-11-22(13)14/h2-6,11H,7-10H2,1H3. The van der Waals surface area contributed by atoms with Crippen molar-refractivity contribution in [2.45, 2.75) is 6.92 Å². The zero-order chi connectivity index (χ0) is 14.9. The molecule has 1 saturated heterocycles. The number of aryl methyl sites for hydroxylation is 1. The van der Waals surface area contributed by atoms with E-state index in [1.54, 1.807) is 6.33 Å². The summed E-state index contributed by atoms with van der Waals surface area (Å²) in [5, 5.41) is 8.09. The second kappa shape index (κ2) is 5.25. The second-order valence-electron chi connectivity index (χ2n) is 5.42. The van der Waals surface area contributed by atoms with Gasteiger partial charge in [0.25, 0.3) is 0 Å². The van der Waals surface area contributed by atoms with Gasteiger partial charge in [-0.05, 0) is 25.1 Å². The van der Waals surface area contributed by atoms with Crippen LogP contribution >= 0.6 is 0 Å². The van der Waals surface area contributed by atoms with E-state index in [4.69, 9.17) is 0 Å². The third-order valence-electron chi connectivity index (χ3n) is 3.98. The maximum absolute atomic E-state index is 4.51. The molecule has 0 bridgehead atoms. The van der Waals surface area contributed by atoms with Crippen LogP contribution in [0.3, 0.4) is 0 Å². The Bertz CT molecular complexity index is 789. The van der Waals surface area contributed by atoms with Crippen molar-refractivity contribution in [1.82, 2.24) is 24.6 Å². The third-order valence-corrected chi connectivity index (χ3v) is 3.98. The Balaban J connectivity index is 1.53. The van der Waals surface area contributed by atoms with Gasteiger partial charge in [0.1, 0.15) is 12.1 Å². The van der Waals surface area contributed by atoms with Gasteiger partial charge in [-0.25, -0.2) is 9.97 Å². The number of hydrogen-bond acceptors (Lipinski definition) is 6. The number of pyridine rings is 1. The van der Waals surface area contributed by atoms with E-state index in [-0.39, 0.29) is 0 Å². The molecule has 1 fully saturated rings. The fourth-order valence-corrected chi connectivity index (χ4v) is 2.82. The van der Waals surface area contributed by atoms with Crippen LogP contribution in [0.25, 0.3) is 5.65 Å². The first-order valence-corrected chi connectivity index (χ1v) is 7.39. The van der Waals surface area contributed by atoms with Gasteiger partial charge >= 0.3 is 0 Å². The molecule has 4 heterocycles. The van der Waals surface area contributed by atoms with Crippen LogP contribution in [-0.4, -0.2) is 50.7 Å². The minimum atomic E-state index is 0.821. The number of nitrogens with zero attached hydrogens (tertiary/aromatic N) is 7. The van der Waals surface area contributed by atoms with Gasteiger partial charge in [-0.1, -0.05) is 6.07 Å². The highest BCUT2D eigenvalue weighted by molar-refractivity contribution is 5.51. The lowest BCUT2D eigenvalue weighted by Crippen LogP contribution is -2.47. The van der Waals surface area contributed by atoms with Crippen molar-refractivity contribution in [1.29, 1.82) is 0 Å². The van der Waals surface area contributed by atoms with Crippen LogP contribution in [0.2, 0.25) is 0 Å². The number of piperazine rings is 1. The minimum Gasteiger partial charge on any atom is -0.354 e. The van der Waals surface area contributed by atoms with Gasteiger partial charge in [0.2, 0.25) is 5.95 Å². The van der Waals surface area contributed by atoms with Crippen LogP contribution in [0, 0.1) is 6.92 Å². The molecule has 0 radical (unpaired) electrons. The van der Waals surface area contributed by atoms with Gasteiger partial charge in [-0.2, -0.15) is 0 Å². The van der Waals surface area contributed by atoms with E-state index in [2.05, 4.69) is 36.0 Å². The molecule has 7 nitrogen and oxygen atoms in total. The topological polar surface area (TPSA) is 62.5 Å². The van der Waals surface area contributed by atoms with Gasteiger partial charge in [0, 0.05) is 38.1 Å². The predicted octanol–water partition coefficient (Wildman–Crippen LogP) is 1.15. The predicted molar refractivity (Wildman–Crippen MR) is 84.2 cm³/mol. The average Bonchev–Trinajstić information content (AvgIpc) is 3.04. The molecule has 7 heteroatoms. The smallest absolute Gasteiger partial charge is 0.225 e.